The number of pyridine rings is 1. The smallest absolute Gasteiger partial charge is 0.254 e. The summed E-state index contributed by atoms with van der Waals surface area (Å²) in [5.74, 6) is -0.576. The van der Waals surface area contributed by atoms with Gasteiger partial charge in [-0.2, -0.15) is 0 Å². The number of amides is 1. The van der Waals surface area contributed by atoms with E-state index in [9.17, 15) is 9.18 Å². The van der Waals surface area contributed by atoms with Gasteiger partial charge in [0.05, 0.1) is 5.56 Å². The Morgan fingerprint density at radius 3 is 2.90 bits per heavy atom. The van der Waals surface area contributed by atoms with Gasteiger partial charge in [-0.05, 0) is 28.8 Å². The topological polar surface area (TPSA) is 80.0 Å². The molecule has 1 aromatic rings. The Balaban J connectivity index is 1.91. The fourth-order valence-corrected chi connectivity index (χ4v) is 3.44. The number of anilines is 1. The second-order valence-corrected chi connectivity index (χ2v) is 6.05. The van der Waals surface area contributed by atoms with Crippen LogP contribution in [0.5, 0.6) is 0 Å². The highest BCUT2D eigenvalue weighted by molar-refractivity contribution is 9.10. The lowest BCUT2D eigenvalue weighted by molar-refractivity contribution is 0.0965. The molecule has 7 heteroatoms. The van der Waals surface area contributed by atoms with Crippen molar-refractivity contribution in [1.29, 1.82) is 0 Å². The van der Waals surface area contributed by atoms with Crippen molar-refractivity contribution < 1.29 is 9.18 Å². The van der Waals surface area contributed by atoms with Crippen LogP contribution in [-0.4, -0.2) is 23.0 Å². The average Bonchev–Trinajstić information content (AvgIpc) is 2.81. The Labute approximate surface area is 124 Å². The first-order chi connectivity index (χ1) is 9.58. The second kappa shape index (κ2) is 5.29. The van der Waals surface area contributed by atoms with Crippen molar-refractivity contribution in [2.45, 2.75) is 44.3 Å². The van der Waals surface area contributed by atoms with E-state index in [1.807, 2.05) is 0 Å². The maximum absolute atomic E-state index is 14.4. The first-order valence-electron chi connectivity index (χ1n) is 6.76. The number of nitrogens with zero attached hydrogens (tertiary/aromatic N) is 1. The van der Waals surface area contributed by atoms with Crippen LogP contribution in [-0.2, 0) is 6.54 Å². The van der Waals surface area contributed by atoms with Crippen molar-refractivity contribution in [2.75, 3.05) is 5.32 Å². The van der Waals surface area contributed by atoms with Crippen LogP contribution in [0.3, 0.4) is 0 Å². The summed E-state index contributed by atoms with van der Waals surface area (Å²) in [7, 11) is 0. The zero-order chi connectivity index (χ0) is 14.3. The average molecular weight is 343 g/mol. The summed E-state index contributed by atoms with van der Waals surface area (Å²) < 4.78 is 14.8. The predicted octanol–water partition coefficient (Wildman–Crippen LogP) is 1.91. The van der Waals surface area contributed by atoms with Gasteiger partial charge in [0.25, 0.3) is 5.91 Å². The number of fused-ring (bicyclic) bond motifs is 1. The van der Waals surface area contributed by atoms with Crippen molar-refractivity contribution in [3.05, 3.63) is 21.5 Å². The van der Waals surface area contributed by atoms with E-state index < -0.39 is 5.82 Å². The Morgan fingerprint density at radius 2 is 2.15 bits per heavy atom. The van der Waals surface area contributed by atoms with Crippen LogP contribution in [0.2, 0.25) is 0 Å². The van der Waals surface area contributed by atoms with E-state index in [1.165, 1.54) is 0 Å². The number of hydrogen-bond donors (Lipinski definition) is 3. The molecule has 1 aliphatic heterocycles. The third-order valence-corrected chi connectivity index (χ3v) is 4.56. The summed E-state index contributed by atoms with van der Waals surface area (Å²) in [6.07, 6.45) is 4.04. The standard InChI is InChI=1S/C13H16BrFN4O/c14-11-9-6(5-17-13(9)20)10(15)12(19-11)18-8-4-2-1-3-7(8)16/h7-8H,1-5,16H2,(H,17,20)(H,18,19)/t7-,8?/m0/s1. The summed E-state index contributed by atoms with van der Waals surface area (Å²) in [5, 5.41) is 5.71. The molecule has 0 spiro atoms. The molecule has 0 radical (unpaired) electrons. The van der Waals surface area contributed by atoms with E-state index in [2.05, 4.69) is 31.5 Å². The van der Waals surface area contributed by atoms with Gasteiger partial charge in [0.2, 0.25) is 0 Å². The number of hydrogen-bond acceptors (Lipinski definition) is 4. The fourth-order valence-electron chi connectivity index (χ4n) is 2.84. The lowest BCUT2D eigenvalue weighted by Gasteiger charge is -2.30. The molecule has 108 valence electrons. The zero-order valence-electron chi connectivity index (χ0n) is 10.9. The van der Waals surface area contributed by atoms with Gasteiger partial charge in [-0.1, -0.05) is 12.8 Å². The molecule has 0 saturated heterocycles. The molecule has 0 bridgehead atoms. The van der Waals surface area contributed by atoms with Crippen LogP contribution in [0.4, 0.5) is 10.2 Å². The largest absolute Gasteiger partial charge is 0.363 e. The molecule has 2 aliphatic rings. The normalized spacial score (nSPS) is 25.2. The summed E-state index contributed by atoms with van der Waals surface area (Å²) >= 11 is 3.24. The van der Waals surface area contributed by atoms with E-state index in [1.54, 1.807) is 0 Å². The summed E-state index contributed by atoms with van der Waals surface area (Å²) in [4.78, 5) is 15.7. The molecule has 1 aliphatic carbocycles. The minimum atomic E-state index is -0.459. The number of nitrogens with two attached hydrogens (primary N) is 1. The quantitative estimate of drug-likeness (QED) is 0.717. The van der Waals surface area contributed by atoms with Gasteiger partial charge >= 0.3 is 0 Å². The van der Waals surface area contributed by atoms with E-state index in [4.69, 9.17) is 5.73 Å². The highest BCUT2D eigenvalue weighted by Gasteiger charge is 2.30. The van der Waals surface area contributed by atoms with Gasteiger partial charge in [0.15, 0.2) is 11.6 Å². The lowest BCUT2D eigenvalue weighted by Crippen LogP contribution is -2.43. The molecule has 1 amide bonds. The minimum Gasteiger partial charge on any atom is -0.363 e. The van der Waals surface area contributed by atoms with Gasteiger partial charge in [-0.25, -0.2) is 9.37 Å². The van der Waals surface area contributed by atoms with E-state index in [0.717, 1.165) is 25.7 Å². The van der Waals surface area contributed by atoms with Gasteiger partial charge in [-0.3, -0.25) is 4.79 Å². The van der Waals surface area contributed by atoms with Crippen molar-refractivity contribution >= 4 is 27.7 Å². The molecule has 20 heavy (non-hydrogen) atoms. The minimum absolute atomic E-state index is 0.0109. The maximum Gasteiger partial charge on any atom is 0.254 e. The molecule has 1 saturated carbocycles. The molecule has 2 heterocycles. The second-order valence-electron chi connectivity index (χ2n) is 5.30. The van der Waals surface area contributed by atoms with Gasteiger partial charge < -0.3 is 16.4 Å². The van der Waals surface area contributed by atoms with Crippen molar-refractivity contribution in [3.8, 4) is 0 Å². The number of rotatable bonds is 2. The number of aromatic nitrogens is 1. The van der Waals surface area contributed by atoms with Crippen LogP contribution < -0.4 is 16.4 Å². The Bertz CT molecular complexity index is 566. The lowest BCUT2D eigenvalue weighted by atomic mass is 9.91. The molecule has 3 rings (SSSR count). The molecular formula is C13H16BrFN4O. The van der Waals surface area contributed by atoms with Crippen molar-refractivity contribution in [3.63, 3.8) is 0 Å². The zero-order valence-corrected chi connectivity index (χ0v) is 12.5. The summed E-state index contributed by atoms with van der Waals surface area (Å²) in [5.41, 5.74) is 6.72. The van der Waals surface area contributed by atoms with Crippen molar-refractivity contribution in [2.24, 2.45) is 5.73 Å². The monoisotopic (exact) mass is 342 g/mol. The fraction of sp³-hybridized carbons (Fsp3) is 0.538. The number of halogens is 2. The molecular weight excluding hydrogens is 327 g/mol. The highest BCUT2D eigenvalue weighted by Crippen LogP contribution is 2.31. The Hall–Kier alpha value is -1.21. The molecule has 4 N–H and O–H groups in total. The third-order valence-electron chi connectivity index (χ3n) is 3.99. The van der Waals surface area contributed by atoms with Gasteiger partial charge in [0, 0.05) is 24.2 Å². The Morgan fingerprint density at radius 1 is 1.40 bits per heavy atom. The van der Waals surface area contributed by atoms with Gasteiger partial charge in [-0.15, -0.1) is 0 Å². The third kappa shape index (κ3) is 2.29. The van der Waals surface area contributed by atoms with Crippen LogP contribution in [0, 0.1) is 5.82 Å². The van der Waals surface area contributed by atoms with Crippen LogP contribution in [0.15, 0.2) is 4.60 Å². The molecule has 5 nitrogen and oxygen atoms in total. The number of nitrogens with one attached hydrogen (secondary N) is 2. The van der Waals surface area contributed by atoms with Crippen LogP contribution >= 0.6 is 15.9 Å². The number of carbonyl (C=O) groups is 1. The number of carbonyl (C=O) groups excluding carboxylic acids is 1. The molecule has 1 fully saturated rings. The van der Waals surface area contributed by atoms with E-state index in [-0.39, 0.29) is 30.4 Å². The summed E-state index contributed by atoms with van der Waals surface area (Å²) in [6.45, 7) is 0.201. The molecule has 1 unspecified atom stereocenters. The maximum atomic E-state index is 14.4. The Kier molecular flexibility index (Phi) is 3.64. The SMILES string of the molecule is N[C@H]1CCCCC1Nc1nc(Br)c2c(c1F)CNC2=O. The van der Waals surface area contributed by atoms with Gasteiger partial charge in [0.1, 0.15) is 4.60 Å². The van der Waals surface area contributed by atoms with Crippen molar-refractivity contribution in [1.82, 2.24) is 10.3 Å². The van der Waals surface area contributed by atoms with E-state index in [0.29, 0.717) is 15.7 Å². The predicted molar refractivity (Wildman–Crippen MR) is 76.9 cm³/mol. The highest BCUT2D eigenvalue weighted by atomic mass is 79.9. The molecule has 2 atom stereocenters. The first kappa shape index (κ1) is 13.8. The van der Waals surface area contributed by atoms with E-state index >= 15 is 0 Å². The van der Waals surface area contributed by atoms with Crippen LogP contribution in [0.25, 0.3) is 0 Å². The van der Waals surface area contributed by atoms with Crippen LogP contribution in [0.1, 0.15) is 41.6 Å². The molecule has 1 aromatic heterocycles. The molecule has 0 aromatic carbocycles. The summed E-state index contributed by atoms with van der Waals surface area (Å²) in [6, 6.07) is 0.0394. The first-order valence-corrected chi connectivity index (χ1v) is 7.55.